The summed E-state index contributed by atoms with van der Waals surface area (Å²) < 4.78 is 52.5. The number of esters is 2. The molecule has 0 radical (unpaired) electrons. The van der Waals surface area contributed by atoms with Crippen LogP contribution >= 0.6 is 0 Å². The minimum atomic E-state index is -4.67. The predicted molar refractivity (Wildman–Crippen MR) is 133 cm³/mol. The van der Waals surface area contributed by atoms with Crippen LogP contribution in [0.2, 0.25) is 0 Å². The van der Waals surface area contributed by atoms with Gasteiger partial charge in [-0.25, -0.2) is 9.59 Å². The molecule has 1 aromatic rings. The van der Waals surface area contributed by atoms with Gasteiger partial charge in [-0.15, -0.1) is 0 Å². The quantitative estimate of drug-likeness (QED) is 0.225. The highest BCUT2D eigenvalue weighted by Crippen LogP contribution is 2.44. The molecule has 36 heavy (non-hydrogen) atoms. The van der Waals surface area contributed by atoms with Gasteiger partial charge in [0.2, 0.25) is 0 Å². The predicted octanol–water partition coefficient (Wildman–Crippen LogP) is 7.19. The molecule has 0 aliphatic carbocycles. The summed E-state index contributed by atoms with van der Waals surface area (Å²) in [6.07, 6.45) is 3.92. The first-order valence-electron chi connectivity index (χ1n) is 12.8. The molecule has 5 nitrogen and oxygen atoms in total. The fourth-order valence-electron chi connectivity index (χ4n) is 4.54. The van der Waals surface area contributed by atoms with Crippen LogP contribution in [0, 0.1) is 0 Å². The molecule has 0 aromatic heterocycles. The molecular formula is C28H38F3NO4. The summed E-state index contributed by atoms with van der Waals surface area (Å²) in [5.41, 5.74) is -0.450. The number of nitrogens with one attached hydrogen (secondary N) is 1. The zero-order chi connectivity index (χ0) is 26.7. The number of halogens is 3. The molecule has 1 N–H and O–H groups in total. The second kappa shape index (κ2) is 14.1. The van der Waals surface area contributed by atoms with Gasteiger partial charge in [0.15, 0.2) is 0 Å². The lowest BCUT2D eigenvalue weighted by molar-refractivity contribution is -0.142. The monoisotopic (exact) mass is 509 g/mol. The number of unbranched alkanes of at least 4 members (excludes halogenated alkanes) is 7. The third kappa shape index (κ3) is 7.87. The van der Waals surface area contributed by atoms with Crippen molar-refractivity contribution in [3.05, 3.63) is 57.9 Å². The maximum Gasteiger partial charge on any atom is 0.416 e. The average molecular weight is 510 g/mol. The van der Waals surface area contributed by atoms with E-state index in [-0.39, 0.29) is 29.9 Å². The Balaban J connectivity index is 2.27. The van der Waals surface area contributed by atoms with Crippen LogP contribution in [0.25, 0.3) is 0 Å². The van der Waals surface area contributed by atoms with E-state index in [0.29, 0.717) is 17.8 Å². The standard InChI is InChI=1S/C28H38F3NO4/c1-5-7-8-9-10-11-12-15-18-36-27(34)24-20(4)32-19(3)23(26(33)35-6-2)25(24)21-16-13-14-17-22(21)28(29,30)31/h13-14,16-17,25,32H,5-12,15,18H2,1-4H3. The van der Waals surface area contributed by atoms with Gasteiger partial charge >= 0.3 is 18.1 Å². The molecule has 0 spiro atoms. The van der Waals surface area contributed by atoms with Crippen LogP contribution in [-0.2, 0) is 25.2 Å². The Morgan fingerprint density at radius 2 is 1.36 bits per heavy atom. The number of ether oxygens (including phenoxy) is 2. The zero-order valence-corrected chi connectivity index (χ0v) is 21.7. The van der Waals surface area contributed by atoms with Gasteiger partial charge in [0.25, 0.3) is 0 Å². The van der Waals surface area contributed by atoms with Gasteiger partial charge in [-0.3, -0.25) is 0 Å². The topological polar surface area (TPSA) is 64.6 Å². The van der Waals surface area contributed by atoms with Gasteiger partial charge < -0.3 is 14.8 Å². The molecule has 200 valence electrons. The minimum Gasteiger partial charge on any atom is -0.463 e. The highest BCUT2D eigenvalue weighted by atomic mass is 19.4. The van der Waals surface area contributed by atoms with Gasteiger partial charge in [-0.1, -0.05) is 70.1 Å². The van der Waals surface area contributed by atoms with Crippen LogP contribution in [0.4, 0.5) is 13.2 Å². The highest BCUT2D eigenvalue weighted by molar-refractivity contribution is 6.00. The van der Waals surface area contributed by atoms with E-state index in [0.717, 1.165) is 25.3 Å². The van der Waals surface area contributed by atoms with Crippen LogP contribution in [0.15, 0.2) is 46.8 Å². The molecule has 0 amide bonds. The summed E-state index contributed by atoms with van der Waals surface area (Å²) in [5.74, 6) is -2.78. The SMILES string of the molecule is CCCCCCCCCCOC(=O)C1=C(C)NC(C)=C(C(=O)OCC)C1c1ccccc1C(F)(F)F. The molecule has 0 saturated carbocycles. The van der Waals surface area contributed by atoms with Crippen molar-refractivity contribution in [3.63, 3.8) is 0 Å². The molecule has 1 heterocycles. The lowest BCUT2D eigenvalue weighted by atomic mass is 9.78. The van der Waals surface area contributed by atoms with Gasteiger partial charge in [-0.2, -0.15) is 13.2 Å². The first-order chi connectivity index (χ1) is 17.1. The molecule has 1 aromatic carbocycles. The summed E-state index contributed by atoms with van der Waals surface area (Å²) in [4.78, 5) is 26.1. The van der Waals surface area contributed by atoms with Gasteiger partial charge in [0.05, 0.1) is 35.8 Å². The van der Waals surface area contributed by atoms with Crippen LogP contribution in [0.3, 0.4) is 0 Å². The van der Waals surface area contributed by atoms with Crippen molar-refractivity contribution in [2.75, 3.05) is 13.2 Å². The number of alkyl halides is 3. The number of carbonyl (C=O) groups is 2. The van der Waals surface area contributed by atoms with E-state index in [4.69, 9.17) is 9.47 Å². The zero-order valence-electron chi connectivity index (χ0n) is 21.7. The molecule has 1 aliphatic heterocycles. The molecule has 2 rings (SSSR count). The normalized spacial score (nSPS) is 16.1. The molecule has 1 unspecified atom stereocenters. The van der Waals surface area contributed by atoms with Crippen molar-refractivity contribution in [1.29, 1.82) is 0 Å². The van der Waals surface area contributed by atoms with E-state index >= 15 is 0 Å². The maximum absolute atomic E-state index is 13.9. The Morgan fingerprint density at radius 3 is 1.92 bits per heavy atom. The number of hydrogen-bond donors (Lipinski definition) is 1. The number of benzene rings is 1. The summed E-state index contributed by atoms with van der Waals surface area (Å²) in [7, 11) is 0. The number of dihydropyridines is 1. The minimum absolute atomic E-state index is 0.0140. The fourth-order valence-corrected chi connectivity index (χ4v) is 4.54. The van der Waals surface area contributed by atoms with E-state index in [1.807, 2.05) is 0 Å². The Kier molecular flexibility index (Phi) is 11.5. The Morgan fingerprint density at radius 1 is 0.833 bits per heavy atom. The molecule has 0 saturated heterocycles. The molecule has 0 bridgehead atoms. The number of rotatable bonds is 13. The summed E-state index contributed by atoms with van der Waals surface area (Å²) in [6.45, 7) is 7.18. The second-order valence-corrected chi connectivity index (χ2v) is 9.05. The van der Waals surface area contributed by atoms with Crippen LogP contribution in [-0.4, -0.2) is 25.2 Å². The maximum atomic E-state index is 13.9. The van der Waals surface area contributed by atoms with Crippen molar-refractivity contribution in [1.82, 2.24) is 5.32 Å². The van der Waals surface area contributed by atoms with Crippen LogP contribution < -0.4 is 5.32 Å². The first kappa shape index (κ1) is 29.5. The largest absolute Gasteiger partial charge is 0.463 e. The first-order valence-corrected chi connectivity index (χ1v) is 12.8. The van der Waals surface area contributed by atoms with E-state index < -0.39 is 29.6 Å². The van der Waals surface area contributed by atoms with Crippen LogP contribution in [0.5, 0.6) is 0 Å². The van der Waals surface area contributed by atoms with Crippen molar-refractivity contribution < 1.29 is 32.2 Å². The van der Waals surface area contributed by atoms with Crippen molar-refractivity contribution >= 4 is 11.9 Å². The lowest BCUT2D eigenvalue weighted by Crippen LogP contribution is -2.33. The van der Waals surface area contributed by atoms with Gasteiger partial charge in [-0.05, 0) is 38.8 Å². The fraction of sp³-hybridized carbons (Fsp3) is 0.571. The van der Waals surface area contributed by atoms with Crippen LogP contribution in [0.1, 0.15) is 96.1 Å². The van der Waals surface area contributed by atoms with Gasteiger partial charge in [0, 0.05) is 11.4 Å². The van der Waals surface area contributed by atoms with E-state index in [1.54, 1.807) is 20.8 Å². The smallest absolute Gasteiger partial charge is 0.416 e. The summed E-state index contributed by atoms with van der Waals surface area (Å²) >= 11 is 0. The molecular weight excluding hydrogens is 471 g/mol. The molecule has 1 atom stereocenters. The summed E-state index contributed by atoms with van der Waals surface area (Å²) in [5, 5.41) is 2.97. The van der Waals surface area contributed by atoms with Gasteiger partial charge in [0.1, 0.15) is 0 Å². The lowest BCUT2D eigenvalue weighted by Gasteiger charge is -2.31. The van der Waals surface area contributed by atoms with E-state index in [2.05, 4.69) is 12.2 Å². The number of hydrogen-bond acceptors (Lipinski definition) is 5. The molecule has 0 fully saturated rings. The highest BCUT2D eigenvalue weighted by Gasteiger charge is 2.43. The third-order valence-electron chi connectivity index (χ3n) is 6.28. The van der Waals surface area contributed by atoms with Crippen molar-refractivity contribution in [2.45, 2.75) is 91.2 Å². The second-order valence-electron chi connectivity index (χ2n) is 9.05. The average Bonchev–Trinajstić information content (AvgIpc) is 2.82. The van der Waals surface area contributed by atoms with E-state index in [1.165, 1.54) is 43.9 Å². The Bertz CT molecular complexity index is 966. The number of carbonyl (C=O) groups excluding carboxylic acids is 2. The Hall–Kier alpha value is -2.77. The van der Waals surface area contributed by atoms with Crippen molar-refractivity contribution in [2.24, 2.45) is 0 Å². The molecule has 1 aliphatic rings. The summed E-state index contributed by atoms with van der Waals surface area (Å²) in [6, 6.07) is 4.99. The molecule has 8 heteroatoms. The van der Waals surface area contributed by atoms with E-state index in [9.17, 15) is 22.8 Å². The van der Waals surface area contributed by atoms with Crippen molar-refractivity contribution in [3.8, 4) is 0 Å². The third-order valence-corrected chi connectivity index (χ3v) is 6.28. The number of allylic oxidation sites excluding steroid dienone is 2. The Labute approximate surface area is 212 Å².